The lowest BCUT2D eigenvalue weighted by Gasteiger charge is -2.15. The highest BCUT2D eigenvalue weighted by atomic mass is 32.2. The third-order valence-electron chi connectivity index (χ3n) is 5.01. The third-order valence-corrected chi connectivity index (χ3v) is 7.80. The zero-order valence-corrected chi connectivity index (χ0v) is 20.4. The number of nitrogens with one attached hydrogen (secondary N) is 1. The summed E-state index contributed by atoms with van der Waals surface area (Å²) in [6.45, 7) is 7.83. The number of hydrogen-bond acceptors (Lipinski definition) is 7. The van der Waals surface area contributed by atoms with Gasteiger partial charge in [-0.15, -0.1) is 29.3 Å². The molecule has 1 atom stereocenters. The molecule has 1 amide bonds. The van der Waals surface area contributed by atoms with E-state index < -0.39 is 5.25 Å². The minimum absolute atomic E-state index is 0.156. The van der Waals surface area contributed by atoms with Gasteiger partial charge in [-0.2, -0.15) is 5.26 Å². The first kappa shape index (κ1) is 23.0. The van der Waals surface area contributed by atoms with Gasteiger partial charge in [0, 0.05) is 17.5 Å². The van der Waals surface area contributed by atoms with E-state index >= 15 is 0 Å². The Bertz CT molecular complexity index is 1440. The number of rotatable bonds is 7. The molecule has 0 aliphatic carbocycles. The summed E-state index contributed by atoms with van der Waals surface area (Å²) in [6, 6.07) is 11.8. The average molecular weight is 493 g/mol. The van der Waals surface area contributed by atoms with Gasteiger partial charge in [0.2, 0.25) is 5.91 Å². The lowest BCUT2D eigenvalue weighted by molar-refractivity contribution is -0.115. The molecule has 0 aliphatic rings. The smallest absolute Gasteiger partial charge is 0.263 e. The van der Waals surface area contributed by atoms with E-state index in [-0.39, 0.29) is 18.0 Å². The first-order valence-corrected chi connectivity index (χ1v) is 12.7. The van der Waals surface area contributed by atoms with Gasteiger partial charge in [-0.3, -0.25) is 14.2 Å². The fraction of sp³-hybridized carbons (Fsp3) is 0.167. The molecule has 1 unspecified atom stereocenters. The zero-order chi connectivity index (χ0) is 23.5. The van der Waals surface area contributed by atoms with Gasteiger partial charge >= 0.3 is 0 Å². The number of nitrogens with zero attached hydrogens (tertiary/aromatic N) is 3. The summed E-state index contributed by atoms with van der Waals surface area (Å²) in [5.41, 5.74) is 3.24. The summed E-state index contributed by atoms with van der Waals surface area (Å²) in [5.74, 6) is -0.259. The number of anilines is 1. The van der Waals surface area contributed by atoms with Crippen LogP contribution in [0.1, 0.15) is 18.1 Å². The van der Waals surface area contributed by atoms with Crippen LogP contribution in [0.5, 0.6) is 0 Å². The number of thiophene rings is 2. The lowest BCUT2D eigenvalue weighted by atomic mass is 10.1. The number of hydrogen-bond donors (Lipinski definition) is 1. The van der Waals surface area contributed by atoms with E-state index in [4.69, 9.17) is 10.2 Å². The molecule has 166 valence electrons. The monoisotopic (exact) mass is 492 g/mol. The van der Waals surface area contributed by atoms with Crippen molar-refractivity contribution in [3.8, 4) is 17.2 Å². The molecule has 3 heterocycles. The van der Waals surface area contributed by atoms with E-state index in [1.165, 1.54) is 34.4 Å². The maximum Gasteiger partial charge on any atom is 0.263 e. The first-order valence-electron chi connectivity index (χ1n) is 10.1. The molecule has 1 aromatic carbocycles. The van der Waals surface area contributed by atoms with Gasteiger partial charge in [-0.05, 0) is 30.9 Å². The molecule has 0 saturated heterocycles. The van der Waals surface area contributed by atoms with Gasteiger partial charge in [-0.1, -0.05) is 47.7 Å². The van der Waals surface area contributed by atoms with Gasteiger partial charge < -0.3 is 5.32 Å². The van der Waals surface area contributed by atoms with Crippen molar-refractivity contribution < 1.29 is 4.79 Å². The minimum Gasteiger partial charge on any atom is -0.316 e. The molecule has 9 heteroatoms. The molecule has 0 bridgehead atoms. The fourth-order valence-corrected chi connectivity index (χ4v) is 5.90. The molecule has 3 aromatic heterocycles. The summed E-state index contributed by atoms with van der Waals surface area (Å²) in [7, 11) is 0. The van der Waals surface area contributed by atoms with Crippen LogP contribution in [0.2, 0.25) is 0 Å². The lowest BCUT2D eigenvalue weighted by Crippen LogP contribution is -2.26. The second kappa shape index (κ2) is 9.75. The number of thioether (sulfide) groups is 1. The first-order chi connectivity index (χ1) is 15.9. The molecular weight excluding hydrogens is 472 g/mol. The van der Waals surface area contributed by atoms with Crippen LogP contribution in [-0.4, -0.2) is 20.7 Å². The highest BCUT2D eigenvalue weighted by Crippen LogP contribution is 2.33. The van der Waals surface area contributed by atoms with Crippen molar-refractivity contribution in [2.24, 2.45) is 0 Å². The standard InChI is InChI=1S/C24H20N4O2S3/c1-4-10-28-23(30)19-18(16-7-5-14(2)6-8-16)13-32-22(19)27-24(28)33-15(3)20(29)26-21-17(12-25)9-11-31-21/h4-9,11,13,15H,1,10H2,2-3H3,(H,26,29). The molecule has 0 saturated carbocycles. The van der Waals surface area contributed by atoms with Crippen molar-refractivity contribution in [3.05, 3.63) is 75.2 Å². The molecule has 0 radical (unpaired) electrons. The van der Waals surface area contributed by atoms with Crippen LogP contribution in [0.4, 0.5) is 5.00 Å². The highest BCUT2D eigenvalue weighted by Gasteiger charge is 2.22. The molecule has 0 aliphatic heterocycles. The zero-order valence-electron chi connectivity index (χ0n) is 18.0. The van der Waals surface area contributed by atoms with Crippen molar-refractivity contribution in [1.82, 2.24) is 9.55 Å². The Morgan fingerprint density at radius 2 is 2.09 bits per heavy atom. The second-order valence-electron chi connectivity index (χ2n) is 7.32. The second-order valence-corrected chi connectivity index (χ2v) is 10.4. The van der Waals surface area contributed by atoms with Gasteiger partial charge in [0.05, 0.1) is 16.2 Å². The topological polar surface area (TPSA) is 87.8 Å². The van der Waals surface area contributed by atoms with Crippen molar-refractivity contribution in [1.29, 1.82) is 5.26 Å². The highest BCUT2D eigenvalue weighted by molar-refractivity contribution is 8.00. The Hall–Kier alpha value is -3.19. The number of fused-ring (bicyclic) bond motifs is 1. The van der Waals surface area contributed by atoms with Gasteiger partial charge in [0.25, 0.3) is 5.56 Å². The molecule has 4 rings (SSSR count). The van der Waals surface area contributed by atoms with Crippen LogP contribution in [0.15, 0.2) is 63.7 Å². The Balaban J connectivity index is 1.69. The van der Waals surface area contributed by atoms with Gasteiger partial charge in [0.15, 0.2) is 5.16 Å². The molecule has 6 nitrogen and oxygen atoms in total. The van der Waals surface area contributed by atoms with E-state index in [0.717, 1.165) is 16.7 Å². The molecule has 0 fully saturated rings. The summed E-state index contributed by atoms with van der Waals surface area (Å²) < 4.78 is 1.56. The van der Waals surface area contributed by atoms with Crippen LogP contribution >= 0.6 is 34.4 Å². The van der Waals surface area contributed by atoms with Crippen LogP contribution in [0.25, 0.3) is 21.3 Å². The molecule has 0 spiro atoms. The minimum atomic E-state index is -0.532. The van der Waals surface area contributed by atoms with E-state index in [1.807, 2.05) is 36.6 Å². The molecule has 33 heavy (non-hydrogen) atoms. The average Bonchev–Trinajstić information content (AvgIpc) is 3.43. The van der Waals surface area contributed by atoms with E-state index in [1.54, 1.807) is 29.0 Å². The van der Waals surface area contributed by atoms with Crippen molar-refractivity contribution >= 4 is 55.6 Å². The van der Waals surface area contributed by atoms with E-state index in [9.17, 15) is 9.59 Å². The molecule has 1 N–H and O–H groups in total. The SMILES string of the molecule is C=CCn1c(SC(C)C(=O)Nc2sccc2C#N)nc2scc(-c3ccc(C)cc3)c2c1=O. The van der Waals surface area contributed by atoms with Crippen molar-refractivity contribution in [2.75, 3.05) is 5.32 Å². The Morgan fingerprint density at radius 1 is 1.33 bits per heavy atom. The van der Waals surface area contributed by atoms with Gasteiger partial charge in [0.1, 0.15) is 15.9 Å². The number of amides is 1. The summed E-state index contributed by atoms with van der Waals surface area (Å²) in [6.07, 6.45) is 1.65. The maximum absolute atomic E-state index is 13.5. The summed E-state index contributed by atoms with van der Waals surface area (Å²) in [5, 5.41) is 16.7. The number of carbonyl (C=O) groups excluding carboxylic acids is 1. The van der Waals surface area contributed by atoms with E-state index in [2.05, 4.69) is 18.0 Å². The number of aromatic nitrogens is 2. The molecule has 4 aromatic rings. The predicted molar refractivity (Wildman–Crippen MR) is 137 cm³/mol. The quantitative estimate of drug-likeness (QED) is 0.204. The maximum atomic E-state index is 13.5. The Labute approximate surface area is 203 Å². The summed E-state index contributed by atoms with van der Waals surface area (Å²) >= 11 is 3.92. The number of aryl methyl sites for hydroxylation is 1. The third kappa shape index (κ3) is 4.64. The van der Waals surface area contributed by atoms with E-state index in [0.29, 0.717) is 25.9 Å². The largest absolute Gasteiger partial charge is 0.316 e. The van der Waals surface area contributed by atoms with Crippen molar-refractivity contribution in [2.45, 2.75) is 30.8 Å². The predicted octanol–water partition coefficient (Wildman–Crippen LogP) is 5.67. The number of benzene rings is 1. The van der Waals surface area contributed by atoms with Crippen LogP contribution < -0.4 is 10.9 Å². The molecular formula is C24H20N4O2S3. The van der Waals surface area contributed by atoms with Crippen molar-refractivity contribution in [3.63, 3.8) is 0 Å². The fourth-order valence-electron chi connectivity index (χ4n) is 3.25. The van der Waals surface area contributed by atoms with Crippen LogP contribution in [0, 0.1) is 18.3 Å². The summed E-state index contributed by atoms with van der Waals surface area (Å²) in [4.78, 5) is 31.6. The number of allylic oxidation sites excluding steroid dienone is 1. The van der Waals surface area contributed by atoms with Crippen LogP contribution in [-0.2, 0) is 11.3 Å². The Morgan fingerprint density at radius 3 is 2.79 bits per heavy atom. The normalized spacial score (nSPS) is 11.8. The Kier molecular flexibility index (Phi) is 6.79. The van der Waals surface area contributed by atoms with Gasteiger partial charge in [-0.25, -0.2) is 4.98 Å². The number of carbonyl (C=O) groups is 1. The van der Waals surface area contributed by atoms with Crippen LogP contribution in [0.3, 0.4) is 0 Å². The number of nitriles is 1.